The molecule has 1 aromatic carbocycles. The molecule has 2 nitrogen and oxygen atoms in total. The van der Waals surface area contributed by atoms with Crippen molar-refractivity contribution in [2.24, 2.45) is 0 Å². The number of hydrogen-bond donors (Lipinski definition) is 0. The number of methoxy groups -OCH3 is 1. The maximum atomic E-state index is 5.66. The Morgan fingerprint density at radius 2 is 2.00 bits per heavy atom. The zero-order chi connectivity index (χ0) is 11.3. The van der Waals surface area contributed by atoms with E-state index in [2.05, 4.69) is 22.9 Å². The molecule has 0 aromatic heterocycles. The zero-order valence-electron chi connectivity index (χ0n) is 9.47. The lowest BCUT2D eigenvalue weighted by molar-refractivity contribution is 0.288. The van der Waals surface area contributed by atoms with Crippen LogP contribution in [0, 0.1) is 6.92 Å². The predicted molar refractivity (Wildman–Crippen MR) is 65.8 cm³/mol. The summed E-state index contributed by atoms with van der Waals surface area (Å²) >= 11 is 3.47. The molecule has 0 amide bonds. The van der Waals surface area contributed by atoms with Gasteiger partial charge in [-0.3, -0.25) is 0 Å². The van der Waals surface area contributed by atoms with Crippen molar-refractivity contribution in [1.82, 2.24) is 0 Å². The van der Waals surface area contributed by atoms with Crippen LogP contribution in [-0.2, 0) is 0 Å². The van der Waals surface area contributed by atoms with Gasteiger partial charge in [0.2, 0.25) is 0 Å². The Labute approximate surface area is 99.7 Å². The molecule has 0 unspecified atom stereocenters. The van der Waals surface area contributed by atoms with Crippen LogP contribution >= 0.6 is 15.9 Å². The third-order valence-electron chi connectivity index (χ3n) is 2.20. The molecule has 0 spiro atoms. The lowest BCUT2D eigenvalue weighted by Crippen LogP contribution is -1.99. The van der Waals surface area contributed by atoms with Gasteiger partial charge >= 0.3 is 0 Å². The van der Waals surface area contributed by atoms with E-state index in [4.69, 9.17) is 9.47 Å². The van der Waals surface area contributed by atoms with Crippen LogP contribution in [0.4, 0.5) is 0 Å². The Bertz CT molecular complexity index is 324. The highest BCUT2D eigenvalue weighted by Gasteiger charge is 2.07. The molecule has 0 aliphatic rings. The van der Waals surface area contributed by atoms with Crippen LogP contribution in [0.3, 0.4) is 0 Å². The maximum Gasteiger partial charge on any atom is 0.161 e. The molecule has 84 valence electrons. The molecule has 1 aromatic rings. The van der Waals surface area contributed by atoms with E-state index in [0.717, 1.165) is 41.0 Å². The Morgan fingerprint density at radius 1 is 1.27 bits per heavy atom. The second-order valence-electron chi connectivity index (χ2n) is 3.45. The van der Waals surface area contributed by atoms with Crippen molar-refractivity contribution in [3.05, 3.63) is 22.2 Å². The number of benzene rings is 1. The molecule has 0 radical (unpaired) electrons. The number of aryl methyl sites for hydroxylation is 1. The summed E-state index contributed by atoms with van der Waals surface area (Å²) in [4.78, 5) is 0. The number of unbranched alkanes of at least 4 members (excludes halogenated alkanes) is 1. The van der Waals surface area contributed by atoms with Gasteiger partial charge in [-0.05, 0) is 31.0 Å². The van der Waals surface area contributed by atoms with Crippen molar-refractivity contribution < 1.29 is 9.47 Å². The zero-order valence-corrected chi connectivity index (χ0v) is 11.1. The molecule has 15 heavy (non-hydrogen) atoms. The van der Waals surface area contributed by atoms with Gasteiger partial charge in [-0.25, -0.2) is 0 Å². The Morgan fingerprint density at radius 3 is 2.60 bits per heavy atom. The first-order valence-corrected chi connectivity index (χ1v) is 5.95. The quantitative estimate of drug-likeness (QED) is 0.756. The summed E-state index contributed by atoms with van der Waals surface area (Å²) in [6.07, 6.45) is 2.20. The van der Waals surface area contributed by atoms with E-state index in [1.165, 1.54) is 0 Å². The van der Waals surface area contributed by atoms with E-state index in [1.807, 2.05) is 19.1 Å². The summed E-state index contributed by atoms with van der Waals surface area (Å²) in [5, 5.41) is 0. The third kappa shape index (κ3) is 3.42. The molecule has 0 atom stereocenters. The molecule has 0 saturated carbocycles. The van der Waals surface area contributed by atoms with Crippen LogP contribution in [0.5, 0.6) is 11.5 Å². The van der Waals surface area contributed by atoms with Gasteiger partial charge in [0.15, 0.2) is 11.5 Å². The van der Waals surface area contributed by atoms with Crippen molar-refractivity contribution >= 4 is 15.9 Å². The van der Waals surface area contributed by atoms with Crippen molar-refractivity contribution in [2.45, 2.75) is 26.7 Å². The lowest BCUT2D eigenvalue weighted by Gasteiger charge is -2.12. The number of hydrogen-bond acceptors (Lipinski definition) is 2. The first-order valence-electron chi connectivity index (χ1n) is 5.16. The standard InChI is InChI=1S/C12H17BrO2/c1-4-5-6-15-12-7-9(2)10(13)8-11(12)14-3/h7-8H,4-6H2,1-3H3. The van der Waals surface area contributed by atoms with Crippen LogP contribution in [0.2, 0.25) is 0 Å². The van der Waals surface area contributed by atoms with Gasteiger partial charge in [0, 0.05) is 4.47 Å². The molecule has 0 heterocycles. The topological polar surface area (TPSA) is 18.5 Å². The summed E-state index contributed by atoms with van der Waals surface area (Å²) in [7, 11) is 1.66. The number of rotatable bonds is 5. The van der Waals surface area contributed by atoms with Crippen LogP contribution in [0.15, 0.2) is 16.6 Å². The van der Waals surface area contributed by atoms with E-state index in [1.54, 1.807) is 7.11 Å². The Balaban J connectivity index is 2.80. The molecule has 0 aliphatic heterocycles. The molecule has 1 rings (SSSR count). The molecule has 0 N–H and O–H groups in total. The number of halogens is 1. The molecular formula is C12H17BrO2. The van der Waals surface area contributed by atoms with Gasteiger partial charge in [-0.2, -0.15) is 0 Å². The molecular weight excluding hydrogens is 256 g/mol. The van der Waals surface area contributed by atoms with Crippen LogP contribution in [0.1, 0.15) is 25.3 Å². The van der Waals surface area contributed by atoms with Crippen LogP contribution in [-0.4, -0.2) is 13.7 Å². The fourth-order valence-corrected chi connectivity index (χ4v) is 1.56. The number of ether oxygens (including phenoxy) is 2. The van der Waals surface area contributed by atoms with Gasteiger partial charge in [-0.1, -0.05) is 29.3 Å². The van der Waals surface area contributed by atoms with Crippen molar-refractivity contribution in [3.8, 4) is 11.5 Å². The average molecular weight is 273 g/mol. The van der Waals surface area contributed by atoms with E-state index in [9.17, 15) is 0 Å². The van der Waals surface area contributed by atoms with E-state index < -0.39 is 0 Å². The highest BCUT2D eigenvalue weighted by atomic mass is 79.9. The van der Waals surface area contributed by atoms with Crippen molar-refractivity contribution in [3.63, 3.8) is 0 Å². The summed E-state index contributed by atoms with van der Waals surface area (Å²) in [5.41, 5.74) is 1.15. The minimum absolute atomic E-state index is 0.744. The SMILES string of the molecule is CCCCOc1cc(C)c(Br)cc1OC. The predicted octanol–water partition coefficient (Wildman–Crippen LogP) is 3.95. The van der Waals surface area contributed by atoms with E-state index in [-0.39, 0.29) is 0 Å². The maximum absolute atomic E-state index is 5.66. The second kappa shape index (κ2) is 6.01. The minimum atomic E-state index is 0.744. The molecule has 0 fully saturated rings. The second-order valence-corrected chi connectivity index (χ2v) is 4.31. The average Bonchev–Trinajstić information content (AvgIpc) is 2.23. The summed E-state index contributed by atoms with van der Waals surface area (Å²) in [6.45, 7) is 4.93. The summed E-state index contributed by atoms with van der Waals surface area (Å²) < 4.78 is 12.0. The smallest absolute Gasteiger partial charge is 0.161 e. The first kappa shape index (κ1) is 12.4. The van der Waals surface area contributed by atoms with Gasteiger partial charge in [0.25, 0.3) is 0 Å². The Hall–Kier alpha value is -0.700. The van der Waals surface area contributed by atoms with Gasteiger partial charge in [0.1, 0.15) is 0 Å². The van der Waals surface area contributed by atoms with Crippen molar-refractivity contribution in [2.75, 3.05) is 13.7 Å². The molecule has 3 heteroatoms. The monoisotopic (exact) mass is 272 g/mol. The van der Waals surface area contributed by atoms with Crippen molar-refractivity contribution in [1.29, 1.82) is 0 Å². The summed E-state index contributed by atoms with van der Waals surface area (Å²) in [5.74, 6) is 1.61. The lowest BCUT2D eigenvalue weighted by atomic mass is 10.2. The molecule has 0 saturated heterocycles. The van der Waals surface area contributed by atoms with Crippen LogP contribution < -0.4 is 9.47 Å². The highest BCUT2D eigenvalue weighted by Crippen LogP contribution is 2.33. The van der Waals surface area contributed by atoms with E-state index in [0.29, 0.717) is 0 Å². The summed E-state index contributed by atoms with van der Waals surface area (Å²) in [6, 6.07) is 3.94. The largest absolute Gasteiger partial charge is 0.493 e. The van der Waals surface area contributed by atoms with Gasteiger partial charge < -0.3 is 9.47 Å². The fourth-order valence-electron chi connectivity index (χ4n) is 1.24. The molecule has 0 bridgehead atoms. The van der Waals surface area contributed by atoms with Gasteiger partial charge in [-0.15, -0.1) is 0 Å². The third-order valence-corrected chi connectivity index (χ3v) is 3.05. The first-order chi connectivity index (χ1) is 7.19. The minimum Gasteiger partial charge on any atom is -0.493 e. The Kier molecular flexibility index (Phi) is 4.95. The van der Waals surface area contributed by atoms with Crippen LogP contribution in [0.25, 0.3) is 0 Å². The normalized spacial score (nSPS) is 10.1. The fraction of sp³-hybridized carbons (Fsp3) is 0.500. The van der Waals surface area contributed by atoms with E-state index >= 15 is 0 Å². The van der Waals surface area contributed by atoms with Gasteiger partial charge in [0.05, 0.1) is 13.7 Å². The molecule has 0 aliphatic carbocycles. The highest BCUT2D eigenvalue weighted by molar-refractivity contribution is 9.10.